The van der Waals surface area contributed by atoms with Crippen molar-refractivity contribution in [1.29, 1.82) is 0 Å². The summed E-state index contributed by atoms with van der Waals surface area (Å²) in [6.07, 6.45) is 10.4. The first-order valence-corrected chi connectivity index (χ1v) is 9.22. The molecule has 134 valence electrons. The topological polar surface area (TPSA) is 76.8 Å². The minimum Gasteiger partial charge on any atom is -0.355 e. The van der Waals surface area contributed by atoms with Crippen molar-refractivity contribution in [2.24, 2.45) is 13.0 Å². The Bertz CT molecular complexity index is 725. The maximum absolute atomic E-state index is 12.6. The fourth-order valence-electron chi connectivity index (χ4n) is 3.97. The molecule has 1 amide bonds. The molecular weight excluding hydrogens is 316 g/mol. The van der Waals surface area contributed by atoms with E-state index in [1.807, 2.05) is 19.4 Å². The third-order valence-corrected chi connectivity index (χ3v) is 5.34. The van der Waals surface area contributed by atoms with Gasteiger partial charge in [0.05, 0.1) is 17.8 Å². The van der Waals surface area contributed by atoms with Crippen molar-refractivity contribution in [3.05, 3.63) is 35.7 Å². The minimum atomic E-state index is -0.0283. The number of carbonyl (C=O) groups excluding carboxylic acids is 1. The number of hydrogen-bond acceptors (Lipinski definition) is 4. The number of amides is 1. The lowest BCUT2D eigenvalue weighted by Gasteiger charge is -2.16. The molecule has 4 heterocycles. The summed E-state index contributed by atoms with van der Waals surface area (Å²) >= 11 is 0. The SMILES string of the molecule is Cn1cc([C@H]2CNC[C@@H]2C(=O)NCCc2cn3c(n2)CCCC3)cn1. The van der Waals surface area contributed by atoms with E-state index < -0.39 is 0 Å². The van der Waals surface area contributed by atoms with Gasteiger partial charge in [0, 0.05) is 64.4 Å². The summed E-state index contributed by atoms with van der Waals surface area (Å²) in [5.41, 5.74) is 2.22. The predicted octanol–water partition coefficient (Wildman–Crippen LogP) is 0.615. The molecule has 0 saturated carbocycles. The second-order valence-electron chi connectivity index (χ2n) is 7.16. The van der Waals surface area contributed by atoms with Gasteiger partial charge < -0.3 is 15.2 Å². The second-order valence-corrected chi connectivity index (χ2v) is 7.16. The van der Waals surface area contributed by atoms with Crippen LogP contribution in [-0.2, 0) is 31.2 Å². The van der Waals surface area contributed by atoms with Gasteiger partial charge in [-0.05, 0) is 18.4 Å². The van der Waals surface area contributed by atoms with Crippen molar-refractivity contribution < 1.29 is 4.79 Å². The van der Waals surface area contributed by atoms with Crippen LogP contribution < -0.4 is 10.6 Å². The number of carbonyl (C=O) groups is 1. The average Bonchev–Trinajstić information content (AvgIpc) is 3.32. The summed E-state index contributed by atoms with van der Waals surface area (Å²) in [6, 6.07) is 0. The second kappa shape index (κ2) is 7.00. The van der Waals surface area contributed by atoms with Crippen molar-refractivity contribution in [1.82, 2.24) is 30.0 Å². The largest absolute Gasteiger partial charge is 0.355 e. The summed E-state index contributed by atoms with van der Waals surface area (Å²) in [5.74, 6) is 1.50. The van der Waals surface area contributed by atoms with Gasteiger partial charge in [0.2, 0.25) is 5.91 Å². The van der Waals surface area contributed by atoms with Crippen molar-refractivity contribution >= 4 is 5.91 Å². The third kappa shape index (κ3) is 3.46. The van der Waals surface area contributed by atoms with Crippen LogP contribution in [-0.4, -0.2) is 44.9 Å². The van der Waals surface area contributed by atoms with Gasteiger partial charge in [0.1, 0.15) is 5.82 Å². The summed E-state index contributed by atoms with van der Waals surface area (Å²) in [7, 11) is 1.91. The molecule has 2 N–H and O–H groups in total. The molecule has 0 unspecified atom stereocenters. The molecule has 2 aromatic heterocycles. The summed E-state index contributed by atoms with van der Waals surface area (Å²) in [5, 5.41) is 10.7. The van der Waals surface area contributed by atoms with Gasteiger partial charge in [0.15, 0.2) is 0 Å². The zero-order valence-electron chi connectivity index (χ0n) is 14.7. The van der Waals surface area contributed by atoms with E-state index in [0.29, 0.717) is 6.54 Å². The smallest absolute Gasteiger partial charge is 0.225 e. The normalized spacial score (nSPS) is 22.8. The van der Waals surface area contributed by atoms with Crippen LogP contribution in [0.15, 0.2) is 18.6 Å². The summed E-state index contributed by atoms with van der Waals surface area (Å²) in [6.45, 7) is 3.28. The van der Waals surface area contributed by atoms with Crippen LogP contribution in [0.4, 0.5) is 0 Å². The number of imidazole rings is 1. The molecule has 2 aromatic rings. The fraction of sp³-hybridized carbons (Fsp3) is 0.611. The number of aromatic nitrogens is 4. The highest BCUT2D eigenvalue weighted by molar-refractivity contribution is 5.80. The Morgan fingerprint density at radius 1 is 1.36 bits per heavy atom. The van der Waals surface area contributed by atoms with Crippen LogP contribution in [0.3, 0.4) is 0 Å². The van der Waals surface area contributed by atoms with Gasteiger partial charge in [-0.25, -0.2) is 4.98 Å². The minimum absolute atomic E-state index is 0.0283. The molecule has 2 aliphatic rings. The molecular formula is C18H26N6O. The lowest BCUT2D eigenvalue weighted by Crippen LogP contribution is -2.35. The molecule has 0 spiro atoms. The zero-order chi connectivity index (χ0) is 17.2. The molecule has 0 aromatic carbocycles. The summed E-state index contributed by atoms with van der Waals surface area (Å²) in [4.78, 5) is 17.3. The molecule has 0 radical (unpaired) electrons. The first-order chi connectivity index (χ1) is 12.2. The Kier molecular flexibility index (Phi) is 4.57. The number of aryl methyl sites for hydroxylation is 3. The van der Waals surface area contributed by atoms with E-state index >= 15 is 0 Å². The predicted molar refractivity (Wildman–Crippen MR) is 94.2 cm³/mol. The van der Waals surface area contributed by atoms with Gasteiger partial charge in [-0.3, -0.25) is 9.48 Å². The van der Waals surface area contributed by atoms with Crippen molar-refractivity contribution in [2.45, 2.75) is 38.1 Å². The average molecular weight is 342 g/mol. The Morgan fingerprint density at radius 3 is 3.08 bits per heavy atom. The van der Waals surface area contributed by atoms with E-state index in [1.54, 1.807) is 4.68 Å². The monoisotopic (exact) mass is 342 g/mol. The van der Waals surface area contributed by atoms with Crippen molar-refractivity contribution in [3.8, 4) is 0 Å². The van der Waals surface area contributed by atoms with E-state index in [9.17, 15) is 4.79 Å². The molecule has 2 aliphatic heterocycles. The van der Waals surface area contributed by atoms with Crippen LogP contribution in [0.5, 0.6) is 0 Å². The first kappa shape index (κ1) is 16.3. The van der Waals surface area contributed by atoms with E-state index in [1.165, 1.54) is 18.7 Å². The number of rotatable bonds is 5. The molecule has 0 aliphatic carbocycles. The Morgan fingerprint density at radius 2 is 2.28 bits per heavy atom. The Hall–Kier alpha value is -2.15. The van der Waals surface area contributed by atoms with E-state index in [-0.39, 0.29) is 17.7 Å². The quantitative estimate of drug-likeness (QED) is 0.835. The molecule has 4 rings (SSSR count). The highest BCUT2D eigenvalue weighted by Crippen LogP contribution is 2.27. The van der Waals surface area contributed by atoms with E-state index in [2.05, 4.69) is 26.5 Å². The maximum atomic E-state index is 12.6. The van der Waals surface area contributed by atoms with Crippen LogP contribution in [0, 0.1) is 5.92 Å². The number of fused-ring (bicyclic) bond motifs is 1. The van der Waals surface area contributed by atoms with Gasteiger partial charge in [-0.15, -0.1) is 0 Å². The number of nitrogens with one attached hydrogen (secondary N) is 2. The molecule has 0 bridgehead atoms. The molecule has 2 atom stereocenters. The standard InChI is InChI=1S/C18H26N6O/c1-23-11-13(8-21-23)15-9-19-10-16(15)18(25)20-6-5-14-12-24-7-3-2-4-17(24)22-14/h8,11-12,15-16,19H,2-7,9-10H2,1H3,(H,20,25)/t15-,16+/m1/s1. The molecule has 7 nitrogen and oxygen atoms in total. The van der Waals surface area contributed by atoms with E-state index in [4.69, 9.17) is 4.98 Å². The lowest BCUT2D eigenvalue weighted by molar-refractivity contribution is -0.124. The van der Waals surface area contributed by atoms with Gasteiger partial charge >= 0.3 is 0 Å². The zero-order valence-corrected chi connectivity index (χ0v) is 14.7. The van der Waals surface area contributed by atoms with Crippen LogP contribution in [0.1, 0.15) is 35.8 Å². The number of nitrogens with zero attached hydrogens (tertiary/aromatic N) is 4. The van der Waals surface area contributed by atoms with Crippen LogP contribution in [0.2, 0.25) is 0 Å². The Labute approximate surface area is 147 Å². The highest BCUT2D eigenvalue weighted by Gasteiger charge is 2.34. The van der Waals surface area contributed by atoms with Crippen LogP contribution in [0.25, 0.3) is 0 Å². The molecule has 25 heavy (non-hydrogen) atoms. The van der Waals surface area contributed by atoms with Gasteiger partial charge in [0.25, 0.3) is 0 Å². The fourth-order valence-corrected chi connectivity index (χ4v) is 3.97. The first-order valence-electron chi connectivity index (χ1n) is 9.22. The molecule has 1 saturated heterocycles. The van der Waals surface area contributed by atoms with Gasteiger partial charge in [-0.1, -0.05) is 0 Å². The lowest BCUT2D eigenvalue weighted by atomic mass is 9.90. The van der Waals surface area contributed by atoms with Crippen LogP contribution >= 0.6 is 0 Å². The molecule has 7 heteroatoms. The summed E-state index contributed by atoms with van der Waals surface area (Å²) < 4.78 is 4.06. The van der Waals surface area contributed by atoms with Crippen molar-refractivity contribution in [2.75, 3.05) is 19.6 Å². The van der Waals surface area contributed by atoms with Gasteiger partial charge in [-0.2, -0.15) is 5.10 Å². The third-order valence-electron chi connectivity index (χ3n) is 5.34. The molecule has 1 fully saturated rings. The highest BCUT2D eigenvalue weighted by atomic mass is 16.1. The number of hydrogen-bond donors (Lipinski definition) is 2. The van der Waals surface area contributed by atoms with Crippen molar-refractivity contribution in [3.63, 3.8) is 0 Å². The maximum Gasteiger partial charge on any atom is 0.225 e. The van der Waals surface area contributed by atoms with E-state index in [0.717, 1.165) is 43.7 Å². The Balaban J connectivity index is 1.31.